The van der Waals surface area contributed by atoms with E-state index >= 15 is 0 Å². The van der Waals surface area contributed by atoms with E-state index in [2.05, 4.69) is 24.1 Å². The Bertz CT molecular complexity index is 411. The van der Waals surface area contributed by atoms with Crippen LogP contribution in [-0.4, -0.2) is 89.0 Å². The van der Waals surface area contributed by atoms with Crippen molar-refractivity contribution < 1.29 is 19.3 Å². The number of aliphatic hydroxyl groups excluding tert-OH is 1. The van der Waals surface area contributed by atoms with Gasteiger partial charge in [-0.2, -0.15) is 0 Å². The fourth-order valence-corrected chi connectivity index (χ4v) is 4.64. The van der Waals surface area contributed by atoms with Gasteiger partial charge in [0.15, 0.2) is 0 Å². The van der Waals surface area contributed by atoms with Gasteiger partial charge >= 0.3 is 0 Å². The van der Waals surface area contributed by atoms with Gasteiger partial charge in [0, 0.05) is 44.7 Å². The number of ether oxygens (including phenoxy) is 3. The summed E-state index contributed by atoms with van der Waals surface area (Å²) < 4.78 is 17.2. The minimum atomic E-state index is -0.0634. The molecule has 1 aliphatic rings. The molecular formula is C28H58N2O4. The van der Waals surface area contributed by atoms with Gasteiger partial charge in [-0.3, -0.25) is 4.90 Å². The third-order valence-corrected chi connectivity index (χ3v) is 6.94. The van der Waals surface area contributed by atoms with Crippen molar-refractivity contribution >= 4 is 0 Å². The topological polar surface area (TPSA) is 63.2 Å². The van der Waals surface area contributed by atoms with E-state index in [1.54, 1.807) is 0 Å². The number of nitrogens with one attached hydrogen (secondary N) is 1. The molecule has 1 unspecified atom stereocenters. The van der Waals surface area contributed by atoms with Gasteiger partial charge in [-0.1, -0.05) is 90.9 Å². The van der Waals surface area contributed by atoms with Crippen molar-refractivity contribution in [2.45, 2.75) is 97.3 Å². The average Bonchev–Trinajstić information content (AvgIpc) is 2.85. The molecule has 0 bridgehead atoms. The van der Waals surface area contributed by atoms with E-state index in [1.165, 1.54) is 77.0 Å². The van der Waals surface area contributed by atoms with E-state index < -0.39 is 0 Å². The van der Waals surface area contributed by atoms with E-state index in [9.17, 15) is 5.11 Å². The van der Waals surface area contributed by atoms with Gasteiger partial charge in [0.1, 0.15) is 0 Å². The molecule has 1 fully saturated rings. The maximum atomic E-state index is 10.2. The molecular weight excluding hydrogens is 428 g/mol. The van der Waals surface area contributed by atoms with Crippen LogP contribution in [0.5, 0.6) is 0 Å². The monoisotopic (exact) mass is 486 g/mol. The molecule has 0 aromatic carbocycles. The molecule has 1 heterocycles. The lowest BCUT2D eigenvalue weighted by Gasteiger charge is -2.34. The third kappa shape index (κ3) is 19.0. The van der Waals surface area contributed by atoms with Crippen LogP contribution in [0, 0.1) is 5.41 Å². The van der Waals surface area contributed by atoms with Crippen molar-refractivity contribution in [3.05, 3.63) is 0 Å². The van der Waals surface area contributed by atoms with Crippen LogP contribution in [0.4, 0.5) is 0 Å². The molecule has 1 atom stereocenters. The Hall–Kier alpha value is -0.240. The number of nitrogens with zero attached hydrogens (tertiary/aromatic N) is 1. The highest BCUT2D eigenvalue weighted by Gasteiger charge is 2.26. The second kappa shape index (κ2) is 23.2. The summed E-state index contributed by atoms with van der Waals surface area (Å²) in [7, 11) is 0. The Labute approximate surface area is 211 Å². The van der Waals surface area contributed by atoms with Crippen molar-refractivity contribution in [3.8, 4) is 0 Å². The van der Waals surface area contributed by atoms with Crippen molar-refractivity contribution in [2.75, 3.05) is 79.0 Å². The highest BCUT2D eigenvalue weighted by molar-refractivity contribution is 4.78. The van der Waals surface area contributed by atoms with E-state index in [0.717, 1.165) is 52.4 Å². The molecule has 1 rings (SSSR count). The van der Waals surface area contributed by atoms with Crippen molar-refractivity contribution in [3.63, 3.8) is 0 Å². The largest absolute Gasteiger partial charge is 0.396 e. The SMILES string of the molecule is CCCCCCCCCCCCCCC(C)(CO)CN1CCOCCNCCOCCOCC1. The number of hydrogen-bond acceptors (Lipinski definition) is 6. The molecule has 6 nitrogen and oxygen atoms in total. The summed E-state index contributed by atoms with van der Waals surface area (Å²) in [5.74, 6) is 0. The van der Waals surface area contributed by atoms with Gasteiger partial charge in [-0.05, 0) is 6.42 Å². The van der Waals surface area contributed by atoms with Crippen LogP contribution in [0.3, 0.4) is 0 Å². The van der Waals surface area contributed by atoms with E-state index in [4.69, 9.17) is 14.2 Å². The predicted molar refractivity (Wildman–Crippen MR) is 143 cm³/mol. The lowest BCUT2D eigenvalue weighted by Crippen LogP contribution is -2.41. The number of unbranched alkanes of at least 4 members (excludes halogenated alkanes) is 11. The van der Waals surface area contributed by atoms with Gasteiger partial charge in [-0.15, -0.1) is 0 Å². The fourth-order valence-electron chi connectivity index (χ4n) is 4.64. The highest BCUT2D eigenvalue weighted by Crippen LogP contribution is 2.26. The molecule has 0 aromatic heterocycles. The van der Waals surface area contributed by atoms with Crippen LogP contribution >= 0.6 is 0 Å². The zero-order chi connectivity index (χ0) is 24.6. The molecule has 0 spiro atoms. The van der Waals surface area contributed by atoms with Crippen LogP contribution in [0.2, 0.25) is 0 Å². The molecule has 1 aliphatic heterocycles. The summed E-state index contributed by atoms with van der Waals surface area (Å²) in [6.45, 7) is 13.2. The maximum Gasteiger partial charge on any atom is 0.0701 e. The molecule has 34 heavy (non-hydrogen) atoms. The Kier molecular flexibility index (Phi) is 21.7. The van der Waals surface area contributed by atoms with E-state index in [-0.39, 0.29) is 12.0 Å². The Morgan fingerprint density at radius 3 is 1.68 bits per heavy atom. The van der Waals surface area contributed by atoms with E-state index in [1.807, 2.05) is 0 Å². The van der Waals surface area contributed by atoms with Gasteiger partial charge < -0.3 is 24.6 Å². The molecule has 6 heteroatoms. The smallest absolute Gasteiger partial charge is 0.0701 e. The van der Waals surface area contributed by atoms with Crippen LogP contribution < -0.4 is 5.32 Å². The summed E-state index contributed by atoms with van der Waals surface area (Å²) in [4.78, 5) is 2.41. The summed E-state index contributed by atoms with van der Waals surface area (Å²) in [6.07, 6.45) is 17.5. The summed E-state index contributed by atoms with van der Waals surface area (Å²) in [6, 6.07) is 0. The first-order chi connectivity index (χ1) is 16.7. The fraction of sp³-hybridized carbons (Fsp3) is 1.00. The Balaban J connectivity index is 2.22. The van der Waals surface area contributed by atoms with Gasteiger partial charge in [0.25, 0.3) is 0 Å². The highest BCUT2D eigenvalue weighted by atomic mass is 16.5. The summed E-state index contributed by atoms with van der Waals surface area (Å²) >= 11 is 0. The molecule has 0 amide bonds. The second-order valence-corrected chi connectivity index (χ2v) is 10.5. The molecule has 0 saturated carbocycles. The summed E-state index contributed by atoms with van der Waals surface area (Å²) in [5.41, 5.74) is -0.0634. The quantitative estimate of drug-likeness (QED) is 0.298. The van der Waals surface area contributed by atoms with Crippen LogP contribution in [0.25, 0.3) is 0 Å². The minimum absolute atomic E-state index is 0.0634. The van der Waals surface area contributed by atoms with Gasteiger partial charge in [0.2, 0.25) is 0 Å². The number of hydrogen-bond donors (Lipinski definition) is 2. The van der Waals surface area contributed by atoms with Crippen molar-refractivity contribution in [1.29, 1.82) is 0 Å². The molecule has 0 aromatic rings. The second-order valence-electron chi connectivity index (χ2n) is 10.5. The predicted octanol–water partition coefficient (Wildman–Crippen LogP) is 5.03. The first kappa shape index (κ1) is 31.8. The molecule has 1 saturated heterocycles. The number of aliphatic hydroxyl groups is 1. The minimum Gasteiger partial charge on any atom is -0.396 e. The maximum absolute atomic E-state index is 10.2. The molecule has 0 radical (unpaired) electrons. The van der Waals surface area contributed by atoms with Crippen molar-refractivity contribution in [1.82, 2.24) is 10.2 Å². The van der Waals surface area contributed by atoms with Crippen molar-refractivity contribution in [2.24, 2.45) is 5.41 Å². The normalized spacial score (nSPS) is 19.9. The summed E-state index contributed by atoms with van der Waals surface area (Å²) in [5, 5.41) is 13.5. The Morgan fingerprint density at radius 2 is 1.15 bits per heavy atom. The standard InChI is InChI=1S/C28H58N2O4/c1-3-4-5-6-7-8-9-10-11-12-13-14-15-28(2,27-31)26-30-18-22-32-20-16-29-17-21-33-24-25-34-23-19-30/h29,31H,3-27H2,1-2H3. The molecule has 0 aliphatic carbocycles. The van der Waals surface area contributed by atoms with Crippen LogP contribution in [-0.2, 0) is 14.2 Å². The third-order valence-electron chi connectivity index (χ3n) is 6.94. The molecule has 2 N–H and O–H groups in total. The zero-order valence-corrected chi connectivity index (χ0v) is 22.8. The van der Waals surface area contributed by atoms with Gasteiger partial charge in [0.05, 0.1) is 39.6 Å². The van der Waals surface area contributed by atoms with Crippen LogP contribution in [0.15, 0.2) is 0 Å². The Morgan fingerprint density at radius 1 is 0.676 bits per heavy atom. The zero-order valence-electron chi connectivity index (χ0n) is 22.8. The van der Waals surface area contributed by atoms with Gasteiger partial charge in [-0.25, -0.2) is 0 Å². The van der Waals surface area contributed by atoms with Crippen LogP contribution in [0.1, 0.15) is 97.3 Å². The lowest BCUT2D eigenvalue weighted by atomic mass is 9.84. The molecule has 204 valence electrons. The first-order valence-corrected chi connectivity index (χ1v) is 14.5. The first-order valence-electron chi connectivity index (χ1n) is 14.5. The van der Waals surface area contributed by atoms with E-state index in [0.29, 0.717) is 26.4 Å². The average molecular weight is 487 g/mol. The number of rotatable bonds is 16. The lowest BCUT2D eigenvalue weighted by molar-refractivity contribution is 0.0206.